The molecule has 0 aliphatic rings. The number of aromatic nitrogens is 4. The number of fused-ring (bicyclic) bond motifs is 1. The van der Waals surface area contributed by atoms with E-state index in [1.807, 2.05) is 0 Å². The van der Waals surface area contributed by atoms with Gasteiger partial charge in [0.25, 0.3) is 0 Å². The average Bonchev–Trinajstić information content (AvgIpc) is 2.71. The van der Waals surface area contributed by atoms with Gasteiger partial charge in [-0.1, -0.05) is 13.8 Å². The third kappa shape index (κ3) is 2.36. The van der Waals surface area contributed by atoms with Crippen molar-refractivity contribution in [2.24, 2.45) is 5.92 Å². The van der Waals surface area contributed by atoms with Crippen molar-refractivity contribution in [2.45, 2.75) is 32.9 Å². The molecule has 0 aromatic carbocycles. The zero-order valence-electron chi connectivity index (χ0n) is 10.0. The molecule has 0 aliphatic heterocycles. The predicted octanol–water partition coefficient (Wildman–Crippen LogP) is 1.34. The number of aliphatic hydroxyl groups is 1. The minimum atomic E-state index is -0.614. The van der Waals surface area contributed by atoms with Gasteiger partial charge in [0.2, 0.25) is 0 Å². The third-order valence-corrected chi connectivity index (χ3v) is 2.71. The van der Waals surface area contributed by atoms with E-state index >= 15 is 0 Å². The van der Waals surface area contributed by atoms with Crippen LogP contribution in [0.1, 0.15) is 32.9 Å². The minimum Gasteiger partial charge on any atom is -0.382 e. The van der Waals surface area contributed by atoms with E-state index in [1.54, 1.807) is 10.9 Å². The maximum Gasteiger partial charge on any atom is 0.167 e. The largest absolute Gasteiger partial charge is 0.382 e. The number of aliphatic hydroxyl groups excluding tert-OH is 1. The first kappa shape index (κ1) is 11.8. The molecule has 0 aliphatic carbocycles. The van der Waals surface area contributed by atoms with Crippen molar-refractivity contribution in [3.8, 4) is 0 Å². The molecule has 0 fully saturated rings. The monoisotopic (exact) mass is 235 g/mol. The summed E-state index contributed by atoms with van der Waals surface area (Å²) in [4.78, 5) is 12.1. The molecule has 1 atom stereocenters. The SMILES string of the molecule is CC(C)CCC(O)n1cnc2c(N)ncnc21. The predicted molar refractivity (Wildman–Crippen MR) is 65.1 cm³/mol. The van der Waals surface area contributed by atoms with Gasteiger partial charge in [0.15, 0.2) is 11.5 Å². The Morgan fingerprint density at radius 1 is 1.29 bits per heavy atom. The Balaban J connectivity index is 2.27. The van der Waals surface area contributed by atoms with Crippen molar-refractivity contribution in [1.82, 2.24) is 19.5 Å². The first-order chi connectivity index (χ1) is 8.09. The molecule has 1 unspecified atom stereocenters. The molecule has 17 heavy (non-hydrogen) atoms. The molecule has 3 N–H and O–H groups in total. The highest BCUT2D eigenvalue weighted by Gasteiger charge is 2.14. The molecule has 0 radical (unpaired) electrons. The summed E-state index contributed by atoms with van der Waals surface area (Å²) in [6.07, 6.45) is 3.94. The molecule has 2 rings (SSSR count). The summed E-state index contributed by atoms with van der Waals surface area (Å²) in [5.74, 6) is 0.893. The number of anilines is 1. The van der Waals surface area contributed by atoms with Crippen LogP contribution in [0.2, 0.25) is 0 Å². The molecule has 0 spiro atoms. The number of nitrogens with two attached hydrogens (primary N) is 1. The van der Waals surface area contributed by atoms with E-state index < -0.39 is 6.23 Å². The lowest BCUT2D eigenvalue weighted by Gasteiger charge is -2.13. The zero-order chi connectivity index (χ0) is 12.4. The normalized spacial score (nSPS) is 13.4. The minimum absolute atomic E-state index is 0.338. The van der Waals surface area contributed by atoms with Crippen LogP contribution in [0.4, 0.5) is 5.82 Å². The molecule has 6 heteroatoms. The van der Waals surface area contributed by atoms with E-state index in [-0.39, 0.29) is 0 Å². The van der Waals surface area contributed by atoms with E-state index in [4.69, 9.17) is 5.73 Å². The fourth-order valence-electron chi connectivity index (χ4n) is 1.71. The standard InChI is InChI=1S/C11H17N5O/c1-7(2)3-4-8(17)16-6-15-9-10(12)13-5-14-11(9)16/h5-8,17H,3-4H2,1-2H3,(H2,12,13,14). The number of nitrogen functional groups attached to an aromatic ring is 1. The van der Waals surface area contributed by atoms with Gasteiger partial charge in [-0.15, -0.1) is 0 Å². The summed E-state index contributed by atoms with van der Waals surface area (Å²) in [6.45, 7) is 4.25. The first-order valence-corrected chi connectivity index (χ1v) is 5.70. The highest BCUT2D eigenvalue weighted by atomic mass is 16.3. The summed E-state index contributed by atoms with van der Waals surface area (Å²) in [5.41, 5.74) is 6.80. The molecule has 0 saturated carbocycles. The second kappa shape index (κ2) is 4.67. The van der Waals surface area contributed by atoms with Crippen LogP contribution < -0.4 is 5.73 Å². The van der Waals surface area contributed by atoms with Crippen molar-refractivity contribution < 1.29 is 5.11 Å². The number of nitrogens with zero attached hydrogens (tertiary/aromatic N) is 4. The smallest absolute Gasteiger partial charge is 0.167 e. The van der Waals surface area contributed by atoms with Crippen LogP contribution in [0.25, 0.3) is 11.2 Å². The van der Waals surface area contributed by atoms with Crippen molar-refractivity contribution >= 4 is 17.0 Å². The topological polar surface area (TPSA) is 89.8 Å². The maximum absolute atomic E-state index is 10.1. The van der Waals surface area contributed by atoms with Crippen LogP contribution in [-0.4, -0.2) is 24.6 Å². The fraction of sp³-hybridized carbons (Fsp3) is 0.545. The summed E-state index contributed by atoms with van der Waals surface area (Å²) in [7, 11) is 0. The second-order valence-electron chi connectivity index (χ2n) is 4.53. The van der Waals surface area contributed by atoms with Crippen LogP contribution in [0.5, 0.6) is 0 Å². The molecule has 0 bridgehead atoms. The lowest BCUT2D eigenvalue weighted by atomic mass is 10.1. The van der Waals surface area contributed by atoms with E-state index in [2.05, 4.69) is 28.8 Å². The first-order valence-electron chi connectivity index (χ1n) is 5.70. The Morgan fingerprint density at radius 2 is 2.06 bits per heavy atom. The lowest BCUT2D eigenvalue weighted by Crippen LogP contribution is -2.09. The lowest BCUT2D eigenvalue weighted by molar-refractivity contribution is 0.0916. The highest BCUT2D eigenvalue weighted by molar-refractivity contribution is 5.81. The third-order valence-electron chi connectivity index (χ3n) is 2.71. The summed E-state index contributed by atoms with van der Waals surface area (Å²) in [6, 6.07) is 0. The van der Waals surface area contributed by atoms with Crippen molar-refractivity contribution in [1.29, 1.82) is 0 Å². The summed E-state index contributed by atoms with van der Waals surface area (Å²) in [5, 5.41) is 10.1. The summed E-state index contributed by atoms with van der Waals surface area (Å²) >= 11 is 0. The Kier molecular flexibility index (Phi) is 3.23. The molecule has 2 aromatic rings. The van der Waals surface area contributed by atoms with E-state index in [1.165, 1.54) is 6.33 Å². The Bertz CT molecular complexity index is 508. The molecular formula is C11H17N5O. The van der Waals surface area contributed by atoms with Gasteiger partial charge in [-0.3, -0.25) is 4.57 Å². The van der Waals surface area contributed by atoms with Crippen molar-refractivity contribution in [3.05, 3.63) is 12.7 Å². The van der Waals surface area contributed by atoms with Gasteiger partial charge in [-0.05, 0) is 18.8 Å². The maximum atomic E-state index is 10.1. The second-order valence-corrected chi connectivity index (χ2v) is 4.53. The van der Waals surface area contributed by atoms with Crippen molar-refractivity contribution in [2.75, 3.05) is 5.73 Å². The number of imidazole rings is 1. The molecular weight excluding hydrogens is 218 g/mol. The van der Waals surface area contributed by atoms with E-state index in [0.29, 0.717) is 29.3 Å². The van der Waals surface area contributed by atoms with Crippen LogP contribution in [0, 0.1) is 5.92 Å². The molecule has 2 aromatic heterocycles. The fourth-order valence-corrected chi connectivity index (χ4v) is 1.71. The van der Waals surface area contributed by atoms with E-state index in [9.17, 15) is 5.11 Å². The molecule has 0 saturated heterocycles. The van der Waals surface area contributed by atoms with Crippen LogP contribution in [0.15, 0.2) is 12.7 Å². The quantitative estimate of drug-likeness (QED) is 0.834. The van der Waals surface area contributed by atoms with Gasteiger partial charge in [-0.25, -0.2) is 15.0 Å². The van der Waals surface area contributed by atoms with Gasteiger partial charge in [0.05, 0.1) is 6.33 Å². The number of hydrogen-bond acceptors (Lipinski definition) is 5. The Morgan fingerprint density at radius 3 is 2.76 bits per heavy atom. The van der Waals surface area contributed by atoms with Gasteiger partial charge in [0, 0.05) is 0 Å². The van der Waals surface area contributed by atoms with Gasteiger partial charge in [0.1, 0.15) is 18.1 Å². The van der Waals surface area contributed by atoms with Crippen LogP contribution >= 0.6 is 0 Å². The van der Waals surface area contributed by atoms with Crippen molar-refractivity contribution in [3.63, 3.8) is 0 Å². The average molecular weight is 235 g/mol. The highest BCUT2D eigenvalue weighted by Crippen LogP contribution is 2.21. The number of hydrogen-bond donors (Lipinski definition) is 2. The summed E-state index contributed by atoms with van der Waals surface area (Å²) < 4.78 is 1.63. The molecule has 6 nitrogen and oxygen atoms in total. The van der Waals surface area contributed by atoms with E-state index in [0.717, 1.165) is 6.42 Å². The zero-order valence-corrected chi connectivity index (χ0v) is 10.0. The van der Waals surface area contributed by atoms with Crippen LogP contribution in [-0.2, 0) is 0 Å². The Hall–Kier alpha value is -1.69. The van der Waals surface area contributed by atoms with Gasteiger partial charge in [-0.2, -0.15) is 0 Å². The molecule has 2 heterocycles. The molecule has 92 valence electrons. The van der Waals surface area contributed by atoms with Crippen LogP contribution in [0.3, 0.4) is 0 Å². The molecule has 0 amide bonds. The number of rotatable bonds is 4. The van der Waals surface area contributed by atoms with Gasteiger partial charge < -0.3 is 10.8 Å². The van der Waals surface area contributed by atoms with Gasteiger partial charge >= 0.3 is 0 Å². The Labute approximate surface area is 99.5 Å².